The Kier molecular flexibility index (Phi) is 4.87. The molecule has 0 aliphatic heterocycles. The third-order valence-electron chi connectivity index (χ3n) is 3.39. The molecule has 1 fully saturated rings. The molecule has 1 atom stereocenters. The zero-order valence-electron chi connectivity index (χ0n) is 11.1. The Labute approximate surface area is 120 Å². The molecule has 0 bridgehead atoms. The normalized spacial score (nSPS) is 17.4. The highest BCUT2D eigenvalue weighted by Gasteiger charge is 2.23. The van der Waals surface area contributed by atoms with Gasteiger partial charge in [-0.3, -0.25) is 0 Å². The zero-order valence-corrected chi connectivity index (χ0v) is 12.7. The largest absolute Gasteiger partial charge is 0.313 e. The van der Waals surface area contributed by atoms with Crippen LogP contribution in [0.15, 0.2) is 24.3 Å². The Morgan fingerprint density at radius 2 is 2.16 bits per heavy atom. The maximum atomic E-state index is 11.3. The number of hydrogen-bond donors (Lipinski definition) is 1. The van der Waals surface area contributed by atoms with E-state index >= 15 is 0 Å². The molecule has 19 heavy (non-hydrogen) atoms. The lowest BCUT2D eigenvalue weighted by molar-refractivity contribution is 0.556. The highest BCUT2D eigenvalue weighted by molar-refractivity contribution is 7.90. The van der Waals surface area contributed by atoms with Gasteiger partial charge in [0.05, 0.1) is 5.75 Å². The van der Waals surface area contributed by atoms with Crippen LogP contribution in [0.4, 0.5) is 0 Å². The Morgan fingerprint density at radius 1 is 1.42 bits per heavy atom. The first-order valence-corrected chi connectivity index (χ1v) is 9.04. The summed E-state index contributed by atoms with van der Waals surface area (Å²) >= 11 is 6.02. The third-order valence-corrected chi connectivity index (χ3v) is 4.60. The van der Waals surface area contributed by atoms with E-state index in [4.69, 9.17) is 11.6 Å². The SMILES string of the molecule is CS(=O)(=O)CCC(CNC1CC1)c1cccc(Cl)c1. The Balaban J connectivity index is 2.03. The summed E-state index contributed by atoms with van der Waals surface area (Å²) in [5, 5.41) is 4.18. The van der Waals surface area contributed by atoms with Crippen LogP contribution >= 0.6 is 11.6 Å². The zero-order chi connectivity index (χ0) is 13.9. The van der Waals surface area contributed by atoms with E-state index in [1.54, 1.807) is 0 Å². The second kappa shape index (κ2) is 6.25. The molecule has 2 rings (SSSR count). The molecule has 0 radical (unpaired) electrons. The van der Waals surface area contributed by atoms with Gasteiger partial charge in [0.1, 0.15) is 9.84 Å². The van der Waals surface area contributed by atoms with Crippen LogP contribution in [0.3, 0.4) is 0 Å². The molecule has 1 aromatic carbocycles. The van der Waals surface area contributed by atoms with Gasteiger partial charge < -0.3 is 5.32 Å². The van der Waals surface area contributed by atoms with E-state index in [0.717, 1.165) is 12.1 Å². The molecule has 1 unspecified atom stereocenters. The lowest BCUT2D eigenvalue weighted by Crippen LogP contribution is -2.25. The lowest BCUT2D eigenvalue weighted by atomic mass is 9.96. The van der Waals surface area contributed by atoms with Gasteiger partial charge in [0.25, 0.3) is 0 Å². The fourth-order valence-corrected chi connectivity index (χ4v) is 3.01. The Morgan fingerprint density at radius 3 is 2.74 bits per heavy atom. The lowest BCUT2D eigenvalue weighted by Gasteiger charge is -2.18. The van der Waals surface area contributed by atoms with Crippen molar-refractivity contribution in [2.24, 2.45) is 0 Å². The predicted molar refractivity (Wildman–Crippen MR) is 79.5 cm³/mol. The van der Waals surface area contributed by atoms with Crippen molar-refractivity contribution >= 4 is 21.4 Å². The van der Waals surface area contributed by atoms with Crippen molar-refractivity contribution in [2.75, 3.05) is 18.6 Å². The van der Waals surface area contributed by atoms with Gasteiger partial charge in [0.15, 0.2) is 0 Å². The molecule has 0 spiro atoms. The van der Waals surface area contributed by atoms with Crippen LogP contribution < -0.4 is 5.32 Å². The van der Waals surface area contributed by atoms with Crippen molar-refractivity contribution in [3.05, 3.63) is 34.9 Å². The van der Waals surface area contributed by atoms with E-state index in [-0.39, 0.29) is 11.7 Å². The van der Waals surface area contributed by atoms with E-state index in [1.807, 2.05) is 24.3 Å². The van der Waals surface area contributed by atoms with Gasteiger partial charge in [0, 0.05) is 23.9 Å². The maximum absolute atomic E-state index is 11.3. The van der Waals surface area contributed by atoms with Gasteiger partial charge in [-0.2, -0.15) is 0 Å². The van der Waals surface area contributed by atoms with E-state index in [1.165, 1.54) is 19.1 Å². The molecule has 0 amide bonds. The Bertz CT molecular complexity index is 526. The molecule has 1 saturated carbocycles. The summed E-state index contributed by atoms with van der Waals surface area (Å²) in [7, 11) is -2.92. The summed E-state index contributed by atoms with van der Waals surface area (Å²) in [6.07, 6.45) is 4.39. The molecular weight excluding hydrogens is 282 g/mol. The van der Waals surface area contributed by atoms with Gasteiger partial charge in [0.2, 0.25) is 0 Å². The van der Waals surface area contributed by atoms with Crippen LogP contribution in [0.5, 0.6) is 0 Å². The van der Waals surface area contributed by atoms with Crippen molar-refractivity contribution < 1.29 is 8.42 Å². The fourth-order valence-electron chi connectivity index (χ4n) is 2.10. The molecular formula is C14H20ClNO2S. The first kappa shape index (κ1) is 14.8. The Hall–Kier alpha value is -0.580. The van der Waals surface area contributed by atoms with Gasteiger partial charge in [-0.1, -0.05) is 23.7 Å². The summed E-state index contributed by atoms with van der Waals surface area (Å²) in [5.74, 6) is 0.422. The molecule has 1 aromatic rings. The summed E-state index contributed by atoms with van der Waals surface area (Å²) in [6, 6.07) is 8.34. The number of nitrogens with one attached hydrogen (secondary N) is 1. The highest BCUT2D eigenvalue weighted by atomic mass is 35.5. The molecule has 1 aliphatic carbocycles. The smallest absolute Gasteiger partial charge is 0.147 e. The number of rotatable bonds is 7. The quantitative estimate of drug-likeness (QED) is 0.842. The number of sulfone groups is 1. The second-order valence-corrected chi connectivity index (χ2v) is 8.05. The summed E-state index contributed by atoms with van der Waals surface area (Å²) < 4.78 is 22.7. The van der Waals surface area contributed by atoms with E-state index in [0.29, 0.717) is 17.5 Å². The second-order valence-electron chi connectivity index (χ2n) is 5.35. The fraction of sp³-hybridized carbons (Fsp3) is 0.571. The summed E-state index contributed by atoms with van der Waals surface area (Å²) in [4.78, 5) is 0. The van der Waals surface area contributed by atoms with Crippen LogP contribution in [-0.2, 0) is 9.84 Å². The molecule has 5 heteroatoms. The number of benzene rings is 1. The molecule has 3 nitrogen and oxygen atoms in total. The maximum Gasteiger partial charge on any atom is 0.147 e. The summed E-state index contributed by atoms with van der Waals surface area (Å²) in [5.41, 5.74) is 1.12. The van der Waals surface area contributed by atoms with Crippen molar-refractivity contribution in [1.29, 1.82) is 0 Å². The first-order chi connectivity index (χ1) is 8.94. The highest BCUT2D eigenvalue weighted by Crippen LogP contribution is 2.25. The van der Waals surface area contributed by atoms with Crippen LogP contribution in [0.2, 0.25) is 5.02 Å². The van der Waals surface area contributed by atoms with E-state index in [2.05, 4.69) is 5.32 Å². The molecule has 0 saturated heterocycles. The van der Waals surface area contributed by atoms with Crippen LogP contribution in [0, 0.1) is 0 Å². The van der Waals surface area contributed by atoms with Crippen LogP contribution in [-0.4, -0.2) is 33.0 Å². The van der Waals surface area contributed by atoms with E-state index in [9.17, 15) is 8.42 Å². The minimum absolute atomic E-state index is 0.203. The average molecular weight is 302 g/mol. The molecule has 1 aliphatic rings. The topological polar surface area (TPSA) is 46.2 Å². The molecule has 106 valence electrons. The van der Waals surface area contributed by atoms with Crippen molar-refractivity contribution in [3.8, 4) is 0 Å². The minimum Gasteiger partial charge on any atom is -0.313 e. The predicted octanol–water partition coefficient (Wildman–Crippen LogP) is 2.61. The molecule has 1 N–H and O–H groups in total. The van der Waals surface area contributed by atoms with E-state index < -0.39 is 9.84 Å². The van der Waals surface area contributed by atoms with Crippen molar-refractivity contribution in [3.63, 3.8) is 0 Å². The van der Waals surface area contributed by atoms with Gasteiger partial charge in [-0.15, -0.1) is 0 Å². The van der Waals surface area contributed by atoms with Crippen molar-refractivity contribution in [1.82, 2.24) is 5.32 Å². The average Bonchev–Trinajstić information content (AvgIpc) is 3.11. The van der Waals surface area contributed by atoms with Gasteiger partial charge in [-0.05, 0) is 42.9 Å². The third kappa shape index (κ3) is 5.51. The van der Waals surface area contributed by atoms with Crippen molar-refractivity contribution in [2.45, 2.75) is 31.2 Å². The minimum atomic E-state index is -2.92. The van der Waals surface area contributed by atoms with Crippen LogP contribution in [0.25, 0.3) is 0 Å². The van der Waals surface area contributed by atoms with Crippen LogP contribution in [0.1, 0.15) is 30.7 Å². The van der Waals surface area contributed by atoms with Gasteiger partial charge >= 0.3 is 0 Å². The number of halogens is 1. The number of hydrogen-bond acceptors (Lipinski definition) is 3. The van der Waals surface area contributed by atoms with Gasteiger partial charge in [-0.25, -0.2) is 8.42 Å². The first-order valence-electron chi connectivity index (χ1n) is 6.60. The molecule has 0 aromatic heterocycles. The summed E-state index contributed by atoms with van der Waals surface area (Å²) in [6.45, 7) is 0.820. The molecule has 0 heterocycles. The standard InChI is InChI=1S/C14H20ClNO2S/c1-19(17,18)8-7-12(10-16-14-5-6-14)11-3-2-4-13(15)9-11/h2-4,9,12,14,16H,5-8,10H2,1H3. The monoisotopic (exact) mass is 301 g/mol.